The first kappa shape index (κ1) is 25.9. The van der Waals surface area contributed by atoms with Crippen LogP contribution in [0.5, 0.6) is 5.75 Å². The lowest BCUT2D eigenvalue weighted by Gasteiger charge is -2.33. The van der Waals surface area contributed by atoms with Crippen molar-refractivity contribution < 1.29 is 27.4 Å². The van der Waals surface area contributed by atoms with E-state index in [-0.39, 0.29) is 12.5 Å². The molecule has 1 fully saturated rings. The molecule has 3 aromatic carbocycles. The Morgan fingerprint density at radius 3 is 2.50 bits per heavy atom. The lowest BCUT2D eigenvalue weighted by molar-refractivity contribution is -0.137. The minimum absolute atomic E-state index is 0.0427. The molecule has 0 aromatic heterocycles. The van der Waals surface area contributed by atoms with Crippen molar-refractivity contribution in [3.63, 3.8) is 0 Å². The topological polar surface area (TPSA) is 38.8 Å². The predicted octanol–water partition coefficient (Wildman–Crippen LogP) is 8.24. The molecule has 1 heterocycles. The molecule has 0 N–H and O–H groups in total. The van der Waals surface area contributed by atoms with Gasteiger partial charge in [-0.15, -0.1) is 0 Å². The molecule has 190 valence electrons. The van der Waals surface area contributed by atoms with E-state index in [1.165, 1.54) is 11.0 Å². The summed E-state index contributed by atoms with van der Waals surface area (Å²) in [7, 11) is 1.55. The van der Waals surface area contributed by atoms with Gasteiger partial charge in [0.2, 0.25) is 0 Å². The van der Waals surface area contributed by atoms with Crippen LogP contribution in [0.25, 0.3) is 11.1 Å². The van der Waals surface area contributed by atoms with Crippen molar-refractivity contribution in [3.05, 3.63) is 87.9 Å². The first-order valence-corrected chi connectivity index (χ1v) is 12.0. The second-order valence-electron chi connectivity index (χ2n) is 9.09. The van der Waals surface area contributed by atoms with Gasteiger partial charge in [-0.3, -0.25) is 0 Å². The summed E-state index contributed by atoms with van der Waals surface area (Å²) >= 11 is 6.48. The van der Waals surface area contributed by atoms with Gasteiger partial charge in [-0.25, -0.2) is 4.79 Å². The molecule has 4 rings (SSSR count). The van der Waals surface area contributed by atoms with Gasteiger partial charge in [-0.05, 0) is 52.9 Å². The summed E-state index contributed by atoms with van der Waals surface area (Å²) in [6.07, 6.45) is -5.14. The number of rotatable bonds is 6. The third-order valence-corrected chi connectivity index (χ3v) is 6.72. The van der Waals surface area contributed by atoms with E-state index in [0.29, 0.717) is 40.4 Å². The molecule has 4 nitrogen and oxygen atoms in total. The van der Waals surface area contributed by atoms with Crippen LogP contribution < -0.4 is 4.74 Å². The molecular formula is C28H27ClF3NO3. The molecule has 36 heavy (non-hydrogen) atoms. The summed E-state index contributed by atoms with van der Waals surface area (Å²) in [5.74, 6) is 0.825. The van der Waals surface area contributed by atoms with E-state index >= 15 is 0 Å². The number of benzene rings is 3. The average molecular weight is 518 g/mol. The average Bonchev–Trinajstić information content (AvgIpc) is 2.85. The number of carbonyl (C=O) groups is 1. The van der Waals surface area contributed by atoms with Crippen LogP contribution >= 0.6 is 11.6 Å². The first-order chi connectivity index (χ1) is 17.1. The molecular weight excluding hydrogens is 491 g/mol. The number of hydrogen-bond donors (Lipinski definition) is 0. The maximum atomic E-state index is 13.6. The maximum Gasteiger partial charge on any atom is 0.416 e. The van der Waals surface area contributed by atoms with Crippen molar-refractivity contribution in [2.45, 2.75) is 45.0 Å². The van der Waals surface area contributed by atoms with Crippen LogP contribution in [0.1, 0.15) is 54.5 Å². The van der Waals surface area contributed by atoms with Crippen LogP contribution in [0.4, 0.5) is 18.0 Å². The summed E-state index contributed by atoms with van der Waals surface area (Å²) in [4.78, 5) is 14.4. The Bertz CT molecular complexity index is 1260. The number of cyclic esters (lactones) is 1. The highest BCUT2D eigenvalue weighted by Crippen LogP contribution is 2.39. The lowest BCUT2D eigenvalue weighted by Crippen LogP contribution is -2.38. The Labute approximate surface area is 213 Å². The highest BCUT2D eigenvalue weighted by atomic mass is 35.5. The number of amides is 1. The number of ether oxygens (including phenoxy) is 2. The first-order valence-electron chi connectivity index (χ1n) is 11.7. The van der Waals surface area contributed by atoms with Crippen molar-refractivity contribution in [2.24, 2.45) is 0 Å². The van der Waals surface area contributed by atoms with Gasteiger partial charge in [0, 0.05) is 35.7 Å². The van der Waals surface area contributed by atoms with Gasteiger partial charge in [-0.2, -0.15) is 13.2 Å². The van der Waals surface area contributed by atoms with Crippen LogP contribution in [0, 0.1) is 0 Å². The molecule has 1 atom stereocenters. The van der Waals surface area contributed by atoms with Crippen LogP contribution in [0.2, 0.25) is 5.02 Å². The fourth-order valence-corrected chi connectivity index (χ4v) is 4.61. The second kappa shape index (κ2) is 10.4. The number of alkyl halides is 3. The van der Waals surface area contributed by atoms with E-state index in [2.05, 4.69) is 0 Å². The van der Waals surface area contributed by atoms with E-state index in [1.54, 1.807) is 19.2 Å². The Morgan fingerprint density at radius 2 is 1.83 bits per heavy atom. The van der Waals surface area contributed by atoms with Gasteiger partial charge >= 0.3 is 12.3 Å². The Kier molecular flexibility index (Phi) is 7.50. The minimum Gasteiger partial charge on any atom is -0.496 e. The smallest absolute Gasteiger partial charge is 0.416 e. The van der Waals surface area contributed by atoms with Gasteiger partial charge in [0.25, 0.3) is 0 Å². The summed E-state index contributed by atoms with van der Waals surface area (Å²) in [5.41, 5.74) is 2.51. The van der Waals surface area contributed by atoms with E-state index in [9.17, 15) is 18.0 Å². The molecule has 1 amide bonds. The van der Waals surface area contributed by atoms with Crippen molar-refractivity contribution in [1.82, 2.24) is 4.90 Å². The number of hydrogen-bond acceptors (Lipinski definition) is 3. The second-order valence-corrected chi connectivity index (χ2v) is 9.50. The Morgan fingerprint density at radius 1 is 1.08 bits per heavy atom. The molecule has 0 bridgehead atoms. The monoisotopic (exact) mass is 517 g/mol. The number of para-hydroxylation sites is 1. The molecule has 1 unspecified atom stereocenters. The minimum atomic E-state index is -4.52. The fourth-order valence-electron chi connectivity index (χ4n) is 4.39. The van der Waals surface area contributed by atoms with Gasteiger partial charge in [-0.1, -0.05) is 55.8 Å². The van der Waals surface area contributed by atoms with Gasteiger partial charge < -0.3 is 14.4 Å². The third kappa shape index (κ3) is 5.46. The normalized spacial score (nSPS) is 16.3. The summed E-state index contributed by atoms with van der Waals surface area (Å²) < 4.78 is 51.8. The van der Waals surface area contributed by atoms with Crippen molar-refractivity contribution in [2.75, 3.05) is 13.7 Å². The van der Waals surface area contributed by atoms with Gasteiger partial charge in [0.05, 0.1) is 12.7 Å². The molecule has 0 saturated carbocycles. The molecule has 1 aliphatic heterocycles. The Balaban J connectivity index is 1.66. The zero-order chi connectivity index (χ0) is 26.0. The highest BCUT2D eigenvalue weighted by Gasteiger charge is 2.33. The molecule has 8 heteroatoms. The zero-order valence-electron chi connectivity index (χ0n) is 20.2. The third-order valence-electron chi connectivity index (χ3n) is 6.39. The molecule has 1 aliphatic rings. The van der Waals surface area contributed by atoms with Crippen molar-refractivity contribution >= 4 is 17.7 Å². The van der Waals surface area contributed by atoms with Crippen LogP contribution in [0.3, 0.4) is 0 Å². The molecule has 0 radical (unpaired) electrons. The summed E-state index contributed by atoms with van der Waals surface area (Å²) in [5, 5.41) is 0.429. The van der Waals surface area contributed by atoms with E-state index in [0.717, 1.165) is 23.3 Å². The van der Waals surface area contributed by atoms with E-state index in [1.807, 2.05) is 44.2 Å². The number of nitrogens with zero attached hydrogens (tertiary/aromatic N) is 1. The number of carbonyl (C=O) groups excluding carboxylic acids is 1. The van der Waals surface area contributed by atoms with Crippen LogP contribution in [-0.2, 0) is 17.5 Å². The molecule has 0 aliphatic carbocycles. The lowest BCUT2D eigenvalue weighted by atomic mass is 9.93. The molecule has 3 aromatic rings. The van der Waals surface area contributed by atoms with Crippen LogP contribution in [0.15, 0.2) is 60.7 Å². The molecule has 0 spiro atoms. The summed E-state index contributed by atoms with van der Waals surface area (Å²) in [6.45, 7) is 4.33. The quantitative estimate of drug-likeness (QED) is 0.330. The van der Waals surface area contributed by atoms with E-state index < -0.39 is 23.9 Å². The number of halogens is 4. The van der Waals surface area contributed by atoms with E-state index in [4.69, 9.17) is 21.1 Å². The van der Waals surface area contributed by atoms with Crippen molar-refractivity contribution in [3.8, 4) is 16.9 Å². The molecule has 1 saturated heterocycles. The number of methoxy groups -OCH3 is 1. The van der Waals surface area contributed by atoms with Gasteiger partial charge in [0.15, 0.2) is 0 Å². The highest BCUT2D eigenvalue weighted by molar-refractivity contribution is 6.33. The zero-order valence-corrected chi connectivity index (χ0v) is 21.0. The predicted molar refractivity (Wildman–Crippen MR) is 133 cm³/mol. The maximum absolute atomic E-state index is 13.6. The SMILES string of the molecule is COc1ccccc1C1CCN(Cc2cc(C(F)(F)F)ccc2-c2cc(C(C)C)ccc2Cl)C(=O)O1. The van der Waals surface area contributed by atoms with Gasteiger partial charge in [0.1, 0.15) is 11.9 Å². The van der Waals surface area contributed by atoms with Crippen LogP contribution in [-0.4, -0.2) is 24.6 Å². The van der Waals surface area contributed by atoms with Crippen molar-refractivity contribution in [1.29, 1.82) is 0 Å². The largest absolute Gasteiger partial charge is 0.496 e. The standard InChI is InChI=1S/C28H27ClF3NO3/c1-17(2)18-8-11-24(29)23(15-18)21-10-9-20(28(30,31)32)14-19(21)16-33-13-12-26(36-27(33)34)22-6-4-5-7-25(22)35-3/h4-11,14-15,17,26H,12-13,16H2,1-3H3. The fraction of sp³-hybridized carbons (Fsp3) is 0.321. The Hall–Kier alpha value is -3.19. The summed E-state index contributed by atoms with van der Waals surface area (Å²) in [6, 6.07) is 16.4.